The molecule has 2 heterocycles. The third kappa shape index (κ3) is 4.90. The van der Waals surface area contributed by atoms with Gasteiger partial charge < -0.3 is 4.74 Å². The molecule has 7 nitrogen and oxygen atoms in total. The molecule has 3 aromatic carbocycles. The Labute approximate surface area is 223 Å². The lowest BCUT2D eigenvalue weighted by Gasteiger charge is -2.16. The number of benzene rings is 3. The van der Waals surface area contributed by atoms with E-state index in [1.807, 2.05) is 37.3 Å². The second kappa shape index (κ2) is 10.00. The second-order valence-electron chi connectivity index (χ2n) is 8.65. The highest BCUT2D eigenvalue weighted by Gasteiger charge is 2.19. The summed E-state index contributed by atoms with van der Waals surface area (Å²) in [6.45, 7) is 1.92. The molecule has 5 aromatic rings. The molecule has 38 heavy (non-hydrogen) atoms. The Balaban J connectivity index is 1.58. The van der Waals surface area contributed by atoms with Gasteiger partial charge in [-0.25, -0.2) is 22.8 Å². The van der Waals surface area contributed by atoms with Crippen molar-refractivity contribution in [2.45, 2.75) is 17.6 Å². The molecule has 10 heteroatoms. The molecule has 0 aliphatic carbocycles. The van der Waals surface area contributed by atoms with Crippen molar-refractivity contribution >= 4 is 32.3 Å². The zero-order valence-corrected chi connectivity index (χ0v) is 21.9. The summed E-state index contributed by atoms with van der Waals surface area (Å²) in [5, 5.41) is 1.20. The summed E-state index contributed by atoms with van der Waals surface area (Å²) >= 11 is 6.17. The monoisotopic (exact) mass is 549 g/mol. The van der Waals surface area contributed by atoms with Crippen LogP contribution >= 0.6 is 11.6 Å². The molecule has 192 valence electrons. The number of aromatic nitrogens is 3. The lowest BCUT2D eigenvalue weighted by molar-refractivity contribution is 0.413. The lowest BCUT2D eigenvalue weighted by Crippen LogP contribution is -2.18. The first-order valence-electron chi connectivity index (χ1n) is 11.5. The maximum atomic E-state index is 13.1. The van der Waals surface area contributed by atoms with Crippen molar-refractivity contribution < 1.29 is 17.5 Å². The van der Waals surface area contributed by atoms with Crippen molar-refractivity contribution in [3.8, 4) is 22.6 Å². The van der Waals surface area contributed by atoms with Gasteiger partial charge in [-0.15, -0.1) is 0 Å². The van der Waals surface area contributed by atoms with E-state index < -0.39 is 21.4 Å². The van der Waals surface area contributed by atoms with Crippen molar-refractivity contribution in [1.82, 2.24) is 14.5 Å². The van der Waals surface area contributed by atoms with Gasteiger partial charge in [-0.3, -0.25) is 9.36 Å². The normalized spacial score (nSPS) is 11.6. The number of pyridine rings is 1. The maximum absolute atomic E-state index is 13.1. The molecule has 0 bridgehead atoms. The average molecular weight is 550 g/mol. The highest BCUT2D eigenvalue weighted by Crippen LogP contribution is 2.32. The average Bonchev–Trinajstić information content (AvgIpc) is 2.91. The zero-order valence-electron chi connectivity index (χ0n) is 20.4. The van der Waals surface area contributed by atoms with Gasteiger partial charge in [0.1, 0.15) is 17.3 Å². The van der Waals surface area contributed by atoms with Gasteiger partial charge in [-0.2, -0.15) is 0 Å². The molecule has 2 aromatic heterocycles. The molecule has 0 aliphatic rings. The Hall–Kier alpha value is -4.08. The molecule has 0 N–H and O–H groups in total. The molecule has 0 unspecified atom stereocenters. The van der Waals surface area contributed by atoms with Gasteiger partial charge in [0, 0.05) is 16.5 Å². The van der Waals surface area contributed by atoms with Gasteiger partial charge in [0.15, 0.2) is 15.7 Å². The predicted molar refractivity (Wildman–Crippen MR) is 144 cm³/mol. The summed E-state index contributed by atoms with van der Waals surface area (Å²) in [5.74, 6) is -0.689. The number of hydrogen-bond acceptors (Lipinski definition) is 6. The van der Waals surface area contributed by atoms with Gasteiger partial charge in [-0.1, -0.05) is 23.7 Å². The summed E-state index contributed by atoms with van der Waals surface area (Å²) in [6.07, 6.45) is 1.84. The first-order valence-corrected chi connectivity index (χ1v) is 13.5. The molecule has 5 rings (SSSR count). The molecule has 0 aliphatic heterocycles. The largest absolute Gasteiger partial charge is 0.495 e. The van der Waals surface area contributed by atoms with Crippen LogP contribution in [-0.4, -0.2) is 30.1 Å². The van der Waals surface area contributed by atoms with E-state index in [4.69, 9.17) is 16.3 Å². The Morgan fingerprint density at radius 3 is 2.37 bits per heavy atom. The number of halogens is 2. The number of fused-ring (bicyclic) bond motifs is 1. The molecule has 0 spiro atoms. The van der Waals surface area contributed by atoms with Crippen molar-refractivity contribution in [3.05, 3.63) is 112 Å². The van der Waals surface area contributed by atoms with E-state index in [0.29, 0.717) is 27.4 Å². The van der Waals surface area contributed by atoms with E-state index in [1.165, 1.54) is 29.9 Å². The van der Waals surface area contributed by atoms with E-state index in [9.17, 15) is 17.6 Å². The topological polar surface area (TPSA) is 91.2 Å². The zero-order chi connectivity index (χ0) is 27.0. The van der Waals surface area contributed by atoms with Gasteiger partial charge in [0.25, 0.3) is 5.56 Å². The molecule has 0 fully saturated rings. The Kier molecular flexibility index (Phi) is 6.73. The molecule has 0 saturated carbocycles. The summed E-state index contributed by atoms with van der Waals surface area (Å²) in [6, 6.07) is 18.6. The van der Waals surface area contributed by atoms with Crippen LogP contribution in [0, 0.1) is 12.7 Å². The number of nitrogens with zero attached hydrogens (tertiary/aromatic N) is 3. The van der Waals surface area contributed by atoms with Gasteiger partial charge in [0.2, 0.25) is 0 Å². The molecule has 0 radical (unpaired) electrons. The summed E-state index contributed by atoms with van der Waals surface area (Å²) in [7, 11) is -2.31. The van der Waals surface area contributed by atoms with Gasteiger partial charge >= 0.3 is 0 Å². The number of methoxy groups -OCH3 is 1. The van der Waals surface area contributed by atoms with Crippen LogP contribution in [-0.2, 0) is 15.6 Å². The van der Waals surface area contributed by atoms with Crippen LogP contribution in [0.4, 0.5) is 4.39 Å². The number of aryl methyl sites for hydroxylation is 1. The van der Waals surface area contributed by atoms with Crippen LogP contribution in [0.25, 0.3) is 27.7 Å². The fourth-order valence-corrected chi connectivity index (χ4v) is 5.55. The number of ether oxygens (including phenoxy) is 1. The standard InChI is InChI=1S/C28H21ClFN3O4S/c1-17-11-18(3-7-23(17)29)19-4-8-25(26(13-19)37-2)33-24-9-6-22(12-20(24)5-10-28(33)34)38(35,36)16-27-31-14-21(30)15-32-27/h3-15H,16H2,1-2H3. The van der Waals surface area contributed by atoms with Crippen molar-refractivity contribution in [3.63, 3.8) is 0 Å². The summed E-state index contributed by atoms with van der Waals surface area (Å²) < 4.78 is 46.2. The Morgan fingerprint density at radius 1 is 0.947 bits per heavy atom. The van der Waals surface area contributed by atoms with Crippen LogP contribution in [0.15, 0.2) is 88.8 Å². The number of rotatable bonds is 6. The highest BCUT2D eigenvalue weighted by molar-refractivity contribution is 7.90. The fraction of sp³-hybridized carbons (Fsp3) is 0.107. The van der Waals surface area contributed by atoms with E-state index >= 15 is 0 Å². The van der Waals surface area contributed by atoms with E-state index in [2.05, 4.69) is 9.97 Å². The minimum absolute atomic E-state index is 0.0165. The van der Waals surface area contributed by atoms with Crippen LogP contribution in [0.1, 0.15) is 11.4 Å². The van der Waals surface area contributed by atoms with Crippen LogP contribution in [0.5, 0.6) is 5.75 Å². The van der Waals surface area contributed by atoms with Crippen LogP contribution < -0.4 is 10.3 Å². The lowest BCUT2D eigenvalue weighted by atomic mass is 10.0. The van der Waals surface area contributed by atoms with E-state index in [0.717, 1.165) is 29.1 Å². The molecular weight excluding hydrogens is 529 g/mol. The second-order valence-corrected chi connectivity index (χ2v) is 11.1. The van der Waals surface area contributed by atoms with Crippen LogP contribution in [0.2, 0.25) is 5.02 Å². The predicted octanol–water partition coefficient (Wildman–Crippen LogP) is 5.53. The Morgan fingerprint density at radius 2 is 1.66 bits per heavy atom. The third-order valence-corrected chi connectivity index (χ3v) is 8.16. The highest BCUT2D eigenvalue weighted by atomic mass is 35.5. The minimum atomic E-state index is -3.83. The number of sulfone groups is 1. The first-order chi connectivity index (χ1) is 18.2. The molecule has 0 amide bonds. The Bertz CT molecular complexity index is 1860. The van der Waals surface area contributed by atoms with Gasteiger partial charge in [0.05, 0.1) is 35.6 Å². The summed E-state index contributed by atoms with van der Waals surface area (Å²) in [4.78, 5) is 20.5. The third-order valence-electron chi connectivity index (χ3n) is 6.13. The molecule has 0 saturated heterocycles. The quantitative estimate of drug-likeness (QED) is 0.276. The molecule has 0 atom stereocenters. The van der Waals surface area contributed by atoms with Crippen molar-refractivity contribution in [2.75, 3.05) is 7.11 Å². The maximum Gasteiger partial charge on any atom is 0.255 e. The first kappa shape index (κ1) is 25.6. The summed E-state index contributed by atoms with van der Waals surface area (Å²) in [5.41, 5.74) is 3.48. The minimum Gasteiger partial charge on any atom is -0.495 e. The SMILES string of the molecule is COc1cc(-c2ccc(Cl)c(C)c2)ccc1-n1c(=O)ccc2cc(S(=O)(=O)Cc3ncc(F)cn3)ccc21. The van der Waals surface area contributed by atoms with E-state index in [1.54, 1.807) is 18.2 Å². The van der Waals surface area contributed by atoms with E-state index in [-0.39, 0.29) is 16.3 Å². The van der Waals surface area contributed by atoms with Crippen molar-refractivity contribution in [2.24, 2.45) is 0 Å². The van der Waals surface area contributed by atoms with Crippen molar-refractivity contribution in [1.29, 1.82) is 0 Å². The van der Waals surface area contributed by atoms with Crippen LogP contribution in [0.3, 0.4) is 0 Å². The fourth-order valence-electron chi connectivity index (χ4n) is 4.20. The van der Waals surface area contributed by atoms with Gasteiger partial charge in [-0.05, 0) is 72.1 Å². The smallest absolute Gasteiger partial charge is 0.255 e. The number of hydrogen-bond donors (Lipinski definition) is 0. The molecular formula is C28H21ClFN3O4S.